The summed E-state index contributed by atoms with van der Waals surface area (Å²) in [6.45, 7) is 7.85. The summed E-state index contributed by atoms with van der Waals surface area (Å²) >= 11 is 6.23. The van der Waals surface area contributed by atoms with Crippen molar-refractivity contribution in [2.45, 2.75) is 89.9 Å². The molecule has 0 rings (SSSR count). The van der Waals surface area contributed by atoms with Gasteiger partial charge in [0.2, 0.25) is 0 Å². The second-order valence-corrected chi connectivity index (χ2v) is 7.04. The maximum atomic E-state index is 11.2. The van der Waals surface area contributed by atoms with Crippen LogP contribution in [-0.2, 0) is 9.53 Å². The van der Waals surface area contributed by atoms with Crippen LogP contribution in [0.15, 0.2) is 12.2 Å². The molecular formula is C20H40ClNO2. The number of hydrogen-bond acceptors (Lipinski definition) is 3. The standard InChI is InChI=1S/C18H33ClO2.C2H7N/c1-4-5-6-7-8-9-10-11-12-13-17(19)14-15-21-18(20)16(2)3;1-3-2/h17H,2,4-15H2,1,3H3;3H,1-2H3. The molecule has 0 aliphatic rings. The van der Waals surface area contributed by atoms with Gasteiger partial charge in [0, 0.05) is 11.0 Å². The Morgan fingerprint density at radius 3 is 1.92 bits per heavy atom. The number of halogens is 1. The normalized spacial score (nSPS) is 11.4. The maximum Gasteiger partial charge on any atom is 0.333 e. The van der Waals surface area contributed by atoms with Crippen molar-refractivity contribution in [3.05, 3.63) is 12.2 Å². The van der Waals surface area contributed by atoms with Crippen LogP contribution in [0.5, 0.6) is 0 Å². The Morgan fingerprint density at radius 2 is 1.46 bits per heavy atom. The second-order valence-electron chi connectivity index (χ2n) is 6.42. The number of unbranched alkanes of at least 4 members (excludes halogenated alkanes) is 8. The highest BCUT2D eigenvalue weighted by Gasteiger charge is 2.07. The highest BCUT2D eigenvalue weighted by Crippen LogP contribution is 2.15. The van der Waals surface area contributed by atoms with E-state index in [-0.39, 0.29) is 11.3 Å². The van der Waals surface area contributed by atoms with Gasteiger partial charge in [-0.2, -0.15) is 0 Å². The fourth-order valence-electron chi connectivity index (χ4n) is 2.22. The molecule has 1 atom stereocenters. The molecule has 1 N–H and O–H groups in total. The summed E-state index contributed by atoms with van der Waals surface area (Å²) in [4.78, 5) is 11.2. The van der Waals surface area contributed by atoms with E-state index in [1.165, 1.54) is 57.8 Å². The lowest BCUT2D eigenvalue weighted by Crippen LogP contribution is -2.10. The van der Waals surface area contributed by atoms with Crippen LogP contribution >= 0.6 is 11.6 Å². The van der Waals surface area contributed by atoms with Crippen molar-refractivity contribution in [1.82, 2.24) is 5.32 Å². The first kappa shape index (κ1) is 25.7. The number of hydrogen-bond donors (Lipinski definition) is 1. The fraction of sp³-hybridized carbons (Fsp3) is 0.850. The Bertz CT molecular complexity index is 295. The van der Waals surface area contributed by atoms with Gasteiger partial charge in [-0.05, 0) is 33.9 Å². The first-order valence-electron chi connectivity index (χ1n) is 9.54. The van der Waals surface area contributed by atoms with E-state index in [2.05, 4.69) is 18.8 Å². The van der Waals surface area contributed by atoms with Crippen molar-refractivity contribution >= 4 is 17.6 Å². The molecular weight excluding hydrogens is 322 g/mol. The zero-order valence-corrected chi connectivity index (χ0v) is 17.2. The summed E-state index contributed by atoms with van der Waals surface area (Å²) in [5.41, 5.74) is 0.444. The number of rotatable bonds is 14. The third kappa shape index (κ3) is 21.5. The van der Waals surface area contributed by atoms with Gasteiger partial charge in [0.05, 0.1) is 6.61 Å². The average Bonchev–Trinajstić information content (AvgIpc) is 2.53. The largest absolute Gasteiger partial charge is 0.462 e. The van der Waals surface area contributed by atoms with Gasteiger partial charge in [0.15, 0.2) is 0 Å². The lowest BCUT2D eigenvalue weighted by molar-refractivity contribution is -0.139. The molecule has 0 bridgehead atoms. The molecule has 0 fully saturated rings. The summed E-state index contributed by atoms with van der Waals surface area (Å²) in [7, 11) is 3.75. The second kappa shape index (κ2) is 20.5. The number of nitrogens with one attached hydrogen (secondary N) is 1. The molecule has 4 heteroatoms. The van der Waals surface area contributed by atoms with Gasteiger partial charge in [-0.15, -0.1) is 11.6 Å². The van der Waals surface area contributed by atoms with Gasteiger partial charge < -0.3 is 10.1 Å². The van der Waals surface area contributed by atoms with Crippen LogP contribution in [0.1, 0.15) is 84.5 Å². The van der Waals surface area contributed by atoms with Crippen LogP contribution in [0, 0.1) is 0 Å². The Morgan fingerprint density at radius 1 is 1.00 bits per heavy atom. The van der Waals surface area contributed by atoms with E-state index in [9.17, 15) is 4.79 Å². The van der Waals surface area contributed by atoms with Gasteiger partial charge >= 0.3 is 5.97 Å². The minimum atomic E-state index is -0.318. The first-order chi connectivity index (χ1) is 11.5. The Labute approximate surface area is 155 Å². The van der Waals surface area contributed by atoms with E-state index in [0.717, 1.165) is 12.8 Å². The number of alkyl halides is 1. The van der Waals surface area contributed by atoms with E-state index in [0.29, 0.717) is 12.2 Å². The molecule has 0 amide bonds. The first-order valence-corrected chi connectivity index (χ1v) is 9.98. The zero-order valence-electron chi connectivity index (χ0n) is 16.5. The van der Waals surface area contributed by atoms with Crippen LogP contribution in [0.4, 0.5) is 0 Å². The van der Waals surface area contributed by atoms with Crippen LogP contribution in [0.3, 0.4) is 0 Å². The highest BCUT2D eigenvalue weighted by atomic mass is 35.5. The summed E-state index contributed by atoms with van der Waals surface area (Å²) in [5.74, 6) is -0.318. The van der Waals surface area contributed by atoms with E-state index < -0.39 is 0 Å². The van der Waals surface area contributed by atoms with Crippen LogP contribution in [-0.4, -0.2) is 32.0 Å². The Hall–Kier alpha value is -0.540. The van der Waals surface area contributed by atoms with Crippen molar-refractivity contribution in [2.24, 2.45) is 0 Å². The average molecular weight is 362 g/mol. The van der Waals surface area contributed by atoms with Gasteiger partial charge in [-0.1, -0.05) is 71.3 Å². The predicted molar refractivity (Wildman–Crippen MR) is 107 cm³/mol. The predicted octanol–water partition coefficient (Wildman–Crippen LogP) is 5.86. The Balaban J connectivity index is 0. The van der Waals surface area contributed by atoms with E-state index >= 15 is 0 Å². The van der Waals surface area contributed by atoms with Gasteiger partial charge in [0.25, 0.3) is 0 Å². The number of carbonyl (C=O) groups excluding carboxylic acids is 1. The number of esters is 1. The topological polar surface area (TPSA) is 38.3 Å². The fourth-order valence-corrected chi connectivity index (χ4v) is 2.47. The molecule has 0 saturated heterocycles. The lowest BCUT2D eigenvalue weighted by Gasteiger charge is -2.10. The van der Waals surface area contributed by atoms with Crippen LogP contribution in [0.25, 0.3) is 0 Å². The molecule has 144 valence electrons. The van der Waals surface area contributed by atoms with E-state index in [1.807, 2.05) is 14.1 Å². The summed E-state index contributed by atoms with van der Waals surface area (Å²) in [5, 5.41) is 2.87. The van der Waals surface area contributed by atoms with Crippen LogP contribution in [0.2, 0.25) is 0 Å². The molecule has 0 aromatic carbocycles. The van der Waals surface area contributed by atoms with Crippen molar-refractivity contribution in [2.75, 3.05) is 20.7 Å². The minimum Gasteiger partial charge on any atom is -0.462 e. The zero-order chi connectivity index (χ0) is 18.6. The van der Waals surface area contributed by atoms with Crippen molar-refractivity contribution in [3.63, 3.8) is 0 Å². The quantitative estimate of drug-likeness (QED) is 0.182. The summed E-state index contributed by atoms with van der Waals surface area (Å²) in [6.07, 6.45) is 13.7. The monoisotopic (exact) mass is 361 g/mol. The van der Waals surface area contributed by atoms with Crippen molar-refractivity contribution in [1.29, 1.82) is 0 Å². The lowest BCUT2D eigenvalue weighted by atomic mass is 10.1. The van der Waals surface area contributed by atoms with E-state index in [1.54, 1.807) is 6.92 Å². The molecule has 0 radical (unpaired) electrons. The molecule has 3 nitrogen and oxygen atoms in total. The molecule has 0 aromatic heterocycles. The Kier molecular flexibility index (Phi) is 22.0. The van der Waals surface area contributed by atoms with Gasteiger partial charge in [-0.25, -0.2) is 4.79 Å². The molecule has 0 aliphatic carbocycles. The van der Waals surface area contributed by atoms with Crippen LogP contribution < -0.4 is 5.32 Å². The van der Waals surface area contributed by atoms with E-state index in [4.69, 9.17) is 16.3 Å². The minimum absolute atomic E-state index is 0.118. The third-order valence-corrected chi connectivity index (χ3v) is 4.07. The van der Waals surface area contributed by atoms with Crippen molar-refractivity contribution < 1.29 is 9.53 Å². The summed E-state index contributed by atoms with van der Waals surface area (Å²) in [6, 6.07) is 0. The molecule has 0 saturated carbocycles. The number of carbonyl (C=O) groups is 1. The van der Waals surface area contributed by atoms with Gasteiger partial charge in [-0.3, -0.25) is 0 Å². The SMILES string of the molecule is C=C(C)C(=O)OCCC(Cl)CCCCCCCCCCC.CNC. The molecule has 24 heavy (non-hydrogen) atoms. The smallest absolute Gasteiger partial charge is 0.333 e. The summed E-state index contributed by atoms with van der Waals surface area (Å²) < 4.78 is 5.04. The molecule has 0 spiro atoms. The number of ether oxygens (including phenoxy) is 1. The maximum absolute atomic E-state index is 11.2. The molecule has 0 heterocycles. The molecule has 0 aromatic rings. The van der Waals surface area contributed by atoms with Gasteiger partial charge in [0.1, 0.15) is 0 Å². The highest BCUT2D eigenvalue weighted by molar-refractivity contribution is 6.20. The molecule has 1 unspecified atom stereocenters. The third-order valence-electron chi connectivity index (χ3n) is 3.63. The van der Waals surface area contributed by atoms with Crippen molar-refractivity contribution in [3.8, 4) is 0 Å². The molecule has 0 aliphatic heterocycles.